The van der Waals surface area contributed by atoms with Gasteiger partial charge in [-0.2, -0.15) is 4.98 Å². The fourth-order valence-electron chi connectivity index (χ4n) is 4.20. The van der Waals surface area contributed by atoms with Crippen molar-refractivity contribution in [2.45, 2.75) is 26.0 Å². The van der Waals surface area contributed by atoms with E-state index in [4.69, 9.17) is 20.9 Å². The molecular weight excluding hydrogens is 476 g/mol. The number of hydrogen-bond donors (Lipinski definition) is 1. The number of anilines is 1. The number of hydrogen-bond acceptors (Lipinski definition) is 6. The van der Waals surface area contributed by atoms with Crippen molar-refractivity contribution in [2.75, 3.05) is 18.4 Å². The van der Waals surface area contributed by atoms with Crippen LogP contribution >= 0.6 is 11.6 Å². The number of rotatable bonds is 8. The van der Waals surface area contributed by atoms with Crippen LogP contribution in [0.3, 0.4) is 0 Å². The van der Waals surface area contributed by atoms with Gasteiger partial charge in [-0.05, 0) is 80.0 Å². The van der Waals surface area contributed by atoms with Crippen molar-refractivity contribution >= 4 is 23.2 Å². The maximum Gasteiger partial charge on any atom is 0.241 e. The number of carbonyl (C=O) groups is 1. The maximum atomic E-state index is 12.8. The molecule has 4 aromatic rings. The highest BCUT2D eigenvalue weighted by Crippen LogP contribution is 2.23. The molecule has 0 atom stereocenters. The van der Waals surface area contributed by atoms with E-state index in [0.29, 0.717) is 29.9 Å². The Morgan fingerprint density at radius 2 is 1.72 bits per heavy atom. The number of carbonyl (C=O) groups excluding carboxylic acids is 1. The monoisotopic (exact) mass is 502 g/mol. The van der Waals surface area contributed by atoms with E-state index in [1.807, 2.05) is 66.7 Å². The van der Waals surface area contributed by atoms with E-state index < -0.39 is 0 Å². The highest BCUT2D eigenvalue weighted by atomic mass is 35.5. The Labute approximate surface area is 215 Å². The number of nitrogens with zero attached hydrogens (tertiary/aromatic N) is 3. The van der Waals surface area contributed by atoms with Gasteiger partial charge in [0.15, 0.2) is 0 Å². The van der Waals surface area contributed by atoms with Gasteiger partial charge in [0.25, 0.3) is 0 Å². The quantitative estimate of drug-likeness (QED) is 0.327. The van der Waals surface area contributed by atoms with Crippen LogP contribution in [0.25, 0.3) is 11.4 Å². The number of piperidine rings is 1. The molecule has 1 amide bonds. The molecular formula is C28H27ClN4O3. The summed E-state index contributed by atoms with van der Waals surface area (Å²) < 4.78 is 11.3. The van der Waals surface area contributed by atoms with Gasteiger partial charge in [0.1, 0.15) is 12.4 Å². The third-order valence-electron chi connectivity index (χ3n) is 6.26. The van der Waals surface area contributed by atoms with Gasteiger partial charge in [-0.3, -0.25) is 9.69 Å². The fraction of sp³-hybridized carbons (Fsp3) is 0.250. The topological polar surface area (TPSA) is 80.5 Å². The van der Waals surface area contributed by atoms with Gasteiger partial charge in [0, 0.05) is 22.2 Å². The van der Waals surface area contributed by atoms with Crippen LogP contribution in [0.1, 0.15) is 24.3 Å². The summed E-state index contributed by atoms with van der Waals surface area (Å²) in [6, 6.07) is 24.9. The average Bonchev–Trinajstić information content (AvgIpc) is 3.38. The molecule has 1 N–H and O–H groups in total. The molecule has 1 saturated heterocycles. The lowest BCUT2D eigenvalue weighted by Gasteiger charge is -2.30. The number of aromatic nitrogens is 2. The van der Waals surface area contributed by atoms with E-state index >= 15 is 0 Å². The summed E-state index contributed by atoms with van der Waals surface area (Å²) in [4.78, 5) is 19.5. The van der Waals surface area contributed by atoms with E-state index in [1.165, 1.54) is 0 Å². The molecule has 0 aliphatic carbocycles. The minimum absolute atomic E-state index is 0.0254. The number of benzene rings is 3. The molecule has 0 spiro atoms. The fourth-order valence-corrected chi connectivity index (χ4v) is 4.33. The molecule has 1 aliphatic rings. The van der Waals surface area contributed by atoms with Gasteiger partial charge in [0.2, 0.25) is 17.6 Å². The number of likely N-dealkylation sites (tertiary alicyclic amines) is 1. The number of nitrogens with one attached hydrogen (secondary N) is 1. The van der Waals surface area contributed by atoms with Gasteiger partial charge in [-0.1, -0.05) is 47.1 Å². The van der Waals surface area contributed by atoms with E-state index in [2.05, 4.69) is 20.4 Å². The molecule has 7 nitrogen and oxygen atoms in total. The second-order valence-electron chi connectivity index (χ2n) is 8.86. The lowest BCUT2D eigenvalue weighted by Crippen LogP contribution is -2.37. The highest BCUT2D eigenvalue weighted by Gasteiger charge is 2.26. The first-order valence-corrected chi connectivity index (χ1v) is 12.4. The molecule has 0 saturated carbocycles. The van der Waals surface area contributed by atoms with E-state index in [0.717, 1.165) is 48.5 Å². The van der Waals surface area contributed by atoms with Crippen molar-refractivity contribution in [3.05, 3.63) is 95.3 Å². The lowest BCUT2D eigenvalue weighted by molar-refractivity contribution is -0.121. The smallest absolute Gasteiger partial charge is 0.241 e. The second kappa shape index (κ2) is 11.4. The van der Waals surface area contributed by atoms with Crippen LogP contribution < -0.4 is 10.1 Å². The number of halogens is 1. The van der Waals surface area contributed by atoms with Crippen molar-refractivity contribution in [3.8, 4) is 17.1 Å². The summed E-state index contributed by atoms with van der Waals surface area (Å²) in [6.45, 7) is 2.67. The summed E-state index contributed by atoms with van der Waals surface area (Å²) in [5.74, 6) is 1.91. The van der Waals surface area contributed by atoms with Crippen molar-refractivity contribution in [3.63, 3.8) is 0 Å². The molecule has 0 bridgehead atoms. The Hall–Kier alpha value is -3.68. The molecule has 0 radical (unpaired) electrons. The van der Waals surface area contributed by atoms with E-state index in [-0.39, 0.29) is 11.8 Å². The molecule has 36 heavy (non-hydrogen) atoms. The Kier molecular flexibility index (Phi) is 7.59. The number of ether oxygens (including phenoxy) is 1. The van der Waals surface area contributed by atoms with E-state index in [9.17, 15) is 4.79 Å². The van der Waals surface area contributed by atoms with Gasteiger partial charge in [-0.25, -0.2) is 0 Å². The minimum Gasteiger partial charge on any atom is -0.489 e. The zero-order valence-corrected chi connectivity index (χ0v) is 20.5. The normalized spacial score (nSPS) is 14.5. The third kappa shape index (κ3) is 6.30. The predicted molar refractivity (Wildman–Crippen MR) is 139 cm³/mol. The lowest BCUT2D eigenvalue weighted by atomic mass is 9.96. The number of amides is 1. The van der Waals surface area contributed by atoms with Crippen molar-refractivity contribution < 1.29 is 14.1 Å². The third-order valence-corrected chi connectivity index (χ3v) is 6.51. The zero-order valence-electron chi connectivity index (χ0n) is 19.8. The Morgan fingerprint density at radius 1 is 1.00 bits per heavy atom. The average molecular weight is 503 g/mol. The first-order valence-electron chi connectivity index (χ1n) is 12.0. The van der Waals surface area contributed by atoms with Crippen LogP contribution in [0.15, 0.2) is 83.4 Å². The molecule has 1 aromatic heterocycles. The van der Waals surface area contributed by atoms with Crippen LogP contribution in [0.5, 0.6) is 5.75 Å². The SMILES string of the molecule is O=C(Nc1ccc(OCc2ccccc2)cc1)C1CCN(Cc2nc(-c3ccc(Cl)cc3)no2)CC1. The predicted octanol–water partition coefficient (Wildman–Crippen LogP) is 5.82. The first kappa shape index (κ1) is 24.0. The molecule has 8 heteroatoms. The van der Waals surface area contributed by atoms with Crippen LogP contribution in [0, 0.1) is 5.92 Å². The first-order chi connectivity index (χ1) is 17.6. The van der Waals surface area contributed by atoms with Crippen molar-refractivity contribution in [2.24, 2.45) is 5.92 Å². The van der Waals surface area contributed by atoms with Crippen LogP contribution in [0.2, 0.25) is 5.02 Å². The Balaban J connectivity index is 1.07. The molecule has 2 heterocycles. The molecule has 3 aromatic carbocycles. The van der Waals surface area contributed by atoms with E-state index in [1.54, 1.807) is 12.1 Å². The van der Waals surface area contributed by atoms with Crippen molar-refractivity contribution in [1.82, 2.24) is 15.0 Å². The molecule has 1 fully saturated rings. The van der Waals surface area contributed by atoms with Crippen LogP contribution in [-0.4, -0.2) is 34.0 Å². The maximum absolute atomic E-state index is 12.8. The molecule has 0 unspecified atom stereocenters. The molecule has 1 aliphatic heterocycles. The van der Waals surface area contributed by atoms with Gasteiger partial charge in [-0.15, -0.1) is 0 Å². The summed E-state index contributed by atoms with van der Waals surface area (Å²) in [5, 5.41) is 7.78. The zero-order chi connectivity index (χ0) is 24.7. The van der Waals surface area contributed by atoms with Crippen LogP contribution in [0.4, 0.5) is 5.69 Å². The van der Waals surface area contributed by atoms with Gasteiger partial charge in [0.05, 0.1) is 6.54 Å². The molecule has 184 valence electrons. The summed E-state index contributed by atoms with van der Waals surface area (Å²) in [7, 11) is 0. The standard InChI is InChI=1S/C28H27ClN4O3/c29-23-8-6-21(7-9-23)27-31-26(36-32-27)18-33-16-14-22(15-17-33)28(34)30-24-10-12-25(13-11-24)35-19-20-4-2-1-3-5-20/h1-13,22H,14-19H2,(H,30,34). The Bertz CT molecular complexity index is 1270. The van der Waals surface area contributed by atoms with Gasteiger partial charge >= 0.3 is 0 Å². The highest BCUT2D eigenvalue weighted by molar-refractivity contribution is 6.30. The molecule has 5 rings (SSSR count). The Morgan fingerprint density at radius 3 is 2.44 bits per heavy atom. The summed E-state index contributed by atoms with van der Waals surface area (Å²) in [5.41, 5.74) is 2.75. The summed E-state index contributed by atoms with van der Waals surface area (Å²) in [6.07, 6.45) is 1.56. The van der Waals surface area contributed by atoms with Crippen LogP contribution in [-0.2, 0) is 17.9 Å². The minimum atomic E-state index is -0.0254. The van der Waals surface area contributed by atoms with Crippen molar-refractivity contribution in [1.29, 1.82) is 0 Å². The van der Waals surface area contributed by atoms with Gasteiger partial charge < -0.3 is 14.6 Å². The second-order valence-corrected chi connectivity index (χ2v) is 9.29. The largest absolute Gasteiger partial charge is 0.489 e. The summed E-state index contributed by atoms with van der Waals surface area (Å²) >= 11 is 5.95.